The van der Waals surface area contributed by atoms with E-state index in [0.29, 0.717) is 5.92 Å². The van der Waals surface area contributed by atoms with Crippen LogP contribution in [-0.4, -0.2) is 38.3 Å². The molecule has 1 heterocycles. The van der Waals surface area contributed by atoms with E-state index in [1.54, 1.807) is 17.5 Å². The van der Waals surface area contributed by atoms with Gasteiger partial charge >= 0.3 is 0 Å². The van der Waals surface area contributed by atoms with Gasteiger partial charge in [-0.15, -0.1) is 11.3 Å². The maximum absolute atomic E-state index is 12.2. The molecule has 2 atom stereocenters. The number of nitrogens with one attached hydrogen (secondary N) is 1. The molecule has 1 aliphatic carbocycles. The first-order valence-corrected chi connectivity index (χ1v) is 9.01. The number of nitrogens with zero attached hydrogens (tertiary/aromatic N) is 1. The lowest BCUT2D eigenvalue weighted by Crippen LogP contribution is -2.41. The van der Waals surface area contributed by atoms with Gasteiger partial charge in [0.1, 0.15) is 4.21 Å². The van der Waals surface area contributed by atoms with Crippen molar-refractivity contribution >= 4 is 27.3 Å². The van der Waals surface area contributed by atoms with Crippen LogP contribution in [0, 0.1) is 5.92 Å². The van der Waals surface area contributed by atoms with Crippen molar-refractivity contribution in [2.75, 3.05) is 13.6 Å². The van der Waals surface area contributed by atoms with Gasteiger partial charge in [-0.2, -0.15) is 4.31 Å². The van der Waals surface area contributed by atoms with Crippen molar-refractivity contribution in [2.24, 2.45) is 5.92 Å². The van der Waals surface area contributed by atoms with Crippen LogP contribution in [0.4, 0.5) is 0 Å². The maximum Gasteiger partial charge on any atom is 0.252 e. The number of likely N-dealkylation sites (N-methyl/N-ethyl adjacent to an activating group) is 1. The predicted molar refractivity (Wildman–Crippen MR) is 79.1 cm³/mol. The smallest absolute Gasteiger partial charge is 0.252 e. The summed E-state index contributed by atoms with van der Waals surface area (Å²) in [5, 5.41) is 4.62. The molecule has 0 spiro atoms. The zero-order chi connectivity index (χ0) is 14.8. The van der Waals surface area contributed by atoms with Gasteiger partial charge in [-0.1, -0.05) is 13.0 Å². The second kappa shape index (κ2) is 6.24. The minimum atomic E-state index is -3.54. The lowest BCUT2D eigenvalue weighted by molar-refractivity contribution is -0.121. The van der Waals surface area contributed by atoms with Gasteiger partial charge in [0.05, 0.1) is 6.54 Å². The molecule has 2 rings (SSSR count). The molecule has 20 heavy (non-hydrogen) atoms. The molecule has 5 nitrogen and oxygen atoms in total. The molecule has 1 amide bonds. The van der Waals surface area contributed by atoms with E-state index < -0.39 is 10.0 Å². The van der Waals surface area contributed by atoms with Crippen LogP contribution in [0.5, 0.6) is 0 Å². The lowest BCUT2D eigenvalue weighted by atomic mass is 10.1. The van der Waals surface area contributed by atoms with Crippen LogP contribution < -0.4 is 5.32 Å². The van der Waals surface area contributed by atoms with Gasteiger partial charge in [0.15, 0.2) is 0 Å². The Bertz CT molecular complexity index is 554. The van der Waals surface area contributed by atoms with Crippen molar-refractivity contribution in [1.29, 1.82) is 0 Å². The Labute approximate surface area is 124 Å². The topological polar surface area (TPSA) is 66.5 Å². The summed E-state index contributed by atoms with van der Waals surface area (Å²) >= 11 is 1.16. The number of sulfonamides is 1. The Morgan fingerprint density at radius 1 is 1.50 bits per heavy atom. The first-order chi connectivity index (χ1) is 9.39. The number of rotatable bonds is 5. The highest BCUT2D eigenvalue weighted by Crippen LogP contribution is 2.24. The molecule has 1 aromatic heterocycles. The fourth-order valence-corrected chi connectivity index (χ4v) is 4.79. The monoisotopic (exact) mass is 316 g/mol. The molecule has 7 heteroatoms. The molecule has 2 unspecified atom stereocenters. The van der Waals surface area contributed by atoms with Gasteiger partial charge in [0, 0.05) is 13.1 Å². The molecule has 1 N–H and O–H groups in total. The van der Waals surface area contributed by atoms with Crippen LogP contribution in [0.15, 0.2) is 21.7 Å². The average Bonchev–Trinajstić information content (AvgIpc) is 3.00. The van der Waals surface area contributed by atoms with Crippen LogP contribution >= 0.6 is 11.3 Å². The highest BCUT2D eigenvalue weighted by molar-refractivity contribution is 7.91. The molecule has 0 radical (unpaired) electrons. The van der Waals surface area contributed by atoms with E-state index in [-0.39, 0.29) is 22.7 Å². The van der Waals surface area contributed by atoms with E-state index in [2.05, 4.69) is 12.2 Å². The molecule has 1 aliphatic rings. The van der Waals surface area contributed by atoms with Crippen LogP contribution in [-0.2, 0) is 14.8 Å². The van der Waals surface area contributed by atoms with Crippen LogP contribution in [0.3, 0.4) is 0 Å². The number of carbonyl (C=O) groups excluding carboxylic acids is 1. The van der Waals surface area contributed by atoms with Gasteiger partial charge in [-0.25, -0.2) is 8.42 Å². The number of amides is 1. The quantitative estimate of drug-likeness (QED) is 0.898. The molecule has 112 valence electrons. The van der Waals surface area contributed by atoms with Crippen molar-refractivity contribution in [3.63, 3.8) is 0 Å². The zero-order valence-corrected chi connectivity index (χ0v) is 13.3. The maximum atomic E-state index is 12.2. The number of hydrogen-bond acceptors (Lipinski definition) is 4. The molecule has 0 aromatic carbocycles. The van der Waals surface area contributed by atoms with Gasteiger partial charge in [0.25, 0.3) is 10.0 Å². The molecule has 1 aromatic rings. The van der Waals surface area contributed by atoms with Crippen molar-refractivity contribution in [3.05, 3.63) is 17.5 Å². The minimum Gasteiger partial charge on any atom is -0.352 e. The molecule has 0 bridgehead atoms. The summed E-state index contributed by atoms with van der Waals surface area (Å²) in [5.74, 6) is 0.402. The second-order valence-electron chi connectivity index (χ2n) is 5.38. The summed E-state index contributed by atoms with van der Waals surface area (Å²) in [6, 6.07) is 3.42. The number of carbonyl (C=O) groups is 1. The Morgan fingerprint density at radius 2 is 2.25 bits per heavy atom. The zero-order valence-electron chi connectivity index (χ0n) is 11.7. The van der Waals surface area contributed by atoms with E-state index in [1.165, 1.54) is 7.05 Å². The highest BCUT2D eigenvalue weighted by Gasteiger charge is 2.26. The van der Waals surface area contributed by atoms with E-state index in [0.717, 1.165) is 34.9 Å². The van der Waals surface area contributed by atoms with E-state index in [4.69, 9.17) is 0 Å². The van der Waals surface area contributed by atoms with Crippen molar-refractivity contribution in [1.82, 2.24) is 9.62 Å². The summed E-state index contributed by atoms with van der Waals surface area (Å²) in [6.07, 6.45) is 3.08. The third-order valence-electron chi connectivity index (χ3n) is 3.59. The highest BCUT2D eigenvalue weighted by atomic mass is 32.2. The van der Waals surface area contributed by atoms with E-state index in [9.17, 15) is 13.2 Å². The lowest BCUT2D eigenvalue weighted by Gasteiger charge is -2.18. The Morgan fingerprint density at radius 3 is 2.80 bits per heavy atom. The third kappa shape index (κ3) is 3.59. The van der Waals surface area contributed by atoms with Gasteiger partial charge in [-0.05, 0) is 36.6 Å². The molecule has 0 saturated heterocycles. The third-order valence-corrected chi connectivity index (χ3v) is 6.76. The average molecular weight is 316 g/mol. The van der Waals surface area contributed by atoms with Gasteiger partial charge in [0.2, 0.25) is 5.91 Å². The standard InChI is InChI=1S/C13H20N2O3S2/c1-10-5-6-11(8-10)14-12(16)9-15(2)20(17,18)13-4-3-7-19-13/h3-4,7,10-11H,5-6,8-9H2,1-2H3,(H,14,16). The van der Waals surface area contributed by atoms with Crippen LogP contribution in [0.1, 0.15) is 26.2 Å². The van der Waals surface area contributed by atoms with Crippen LogP contribution in [0.25, 0.3) is 0 Å². The SMILES string of the molecule is CC1CCC(NC(=O)CN(C)S(=O)(=O)c2cccs2)C1. The second-order valence-corrected chi connectivity index (χ2v) is 8.60. The predicted octanol–water partition coefficient (Wildman–Crippen LogP) is 1.67. The number of thiophene rings is 1. The Balaban J connectivity index is 1.91. The minimum absolute atomic E-state index is 0.134. The summed E-state index contributed by atoms with van der Waals surface area (Å²) in [4.78, 5) is 11.9. The summed E-state index contributed by atoms with van der Waals surface area (Å²) in [6.45, 7) is 2.03. The fourth-order valence-electron chi connectivity index (χ4n) is 2.46. The van der Waals surface area contributed by atoms with E-state index >= 15 is 0 Å². The fraction of sp³-hybridized carbons (Fsp3) is 0.615. The van der Waals surface area contributed by atoms with Crippen molar-refractivity contribution in [2.45, 2.75) is 36.4 Å². The first-order valence-electron chi connectivity index (χ1n) is 6.69. The largest absolute Gasteiger partial charge is 0.352 e. The normalized spacial score (nSPS) is 23.1. The van der Waals surface area contributed by atoms with Crippen LogP contribution in [0.2, 0.25) is 0 Å². The molecule has 1 fully saturated rings. The molecular weight excluding hydrogens is 296 g/mol. The van der Waals surface area contributed by atoms with Crippen molar-refractivity contribution in [3.8, 4) is 0 Å². The van der Waals surface area contributed by atoms with Gasteiger partial charge in [-0.3, -0.25) is 4.79 Å². The Kier molecular flexibility index (Phi) is 4.82. The first kappa shape index (κ1) is 15.5. The summed E-state index contributed by atoms with van der Waals surface area (Å²) in [5.41, 5.74) is 0. The van der Waals surface area contributed by atoms with E-state index in [1.807, 2.05) is 0 Å². The number of hydrogen-bond donors (Lipinski definition) is 1. The summed E-state index contributed by atoms with van der Waals surface area (Å²) < 4.78 is 25.7. The molecular formula is C13H20N2O3S2. The molecule has 0 aliphatic heterocycles. The molecule has 1 saturated carbocycles. The van der Waals surface area contributed by atoms with Crippen molar-refractivity contribution < 1.29 is 13.2 Å². The summed E-state index contributed by atoms with van der Waals surface area (Å²) in [7, 11) is -2.11. The Hall–Kier alpha value is -0.920. The van der Waals surface area contributed by atoms with Gasteiger partial charge < -0.3 is 5.32 Å².